The monoisotopic (exact) mass is 517 g/mol. The minimum atomic E-state index is -1.09. The van der Waals surface area contributed by atoms with Crippen LogP contribution in [-0.4, -0.2) is 54.4 Å². The molecular formula is C30H31NO7. The number of hydrogen-bond donors (Lipinski definition) is 1. The maximum absolute atomic E-state index is 14.0. The number of ether oxygens (including phenoxy) is 4. The van der Waals surface area contributed by atoms with Gasteiger partial charge in [0.25, 0.3) is 5.91 Å². The summed E-state index contributed by atoms with van der Waals surface area (Å²) < 4.78 is 23.4. The Hall–Kier alpha value is -3.88. The standard InChI is InChI=1S/C30H31NO7/c1-35-26-13-12-22-17-31(29(32)27(21-10-6-3-7-11-21)38-23-14-15-36-19-23)25(30(33)34)16-24(22)28(26)37-18-20-8-4-2-5-9-20/h2-13,23,25,27H,14-19H2,1H3,(H,33,34)/t23-,25+,27?/m0/s1. The van der Waals surface area contributed by atoms with Gasteiger partial charge in [0, 0.05) is 25.1 Å². The van der Waals surface area contributed by atoms with Gasteiger partial charge in [-0.3, -0.25) is 4.79 Å². The largest absolute Gasteiger partial charge is 0.493 e. The molecule has 0 aliphatic carbocycles. The van der Waals surface area contributed by atoms with Gasteiger partial charge in [0.05, 0.1) is 19.8 Å². The molecule has 3 aromatic rings. The minimum absolute atomic E-state index is 0.0891. The number of hydrogen-bond acceptors (Lipinski definition) is 6. The highest BCUT2D eigenvalue weighted by Gasteiger charge is 2.41. The Bertz CT molecular complexity index is 1260. The van der Waals surface area contributed by atoms with Crippen molar-refractivity contribution in [2.45, 2.75) is 44.2 Å². The Morgan fingerprint density at radius 1 is 1.05 bits per heavy atom. The van der Waals surface area contributed by atoms with Crippen LogP contribution in [0.15, 0.2) is 72.8 Å². The van der Waals surface area contributed by atoms with Crippen molar-refractivity contribution in [2.75, 3.05) is 20.3 Å². The first-order valence-corrected chi connectivity index (χ1v) is 12.7. The number of nitrogens with zero attached hydrogens (tertiary/aromatic N) is 1. The summed E-state index contributed by atoms with van der Waals surface area (Å²) in [4.78, 5) is 27.9. The Kier molecular flexibility index (Phi) is 7.91. The molecule has 8 nitrogen and oxygen atoms in total. The van der Waals surface area contributed by atoms with E-state index in [2.05, 4.69) is 0 Å². The average molecular weight is 518 g/mol. The van der Waals surface area contributed by atoms with Crippen LogP contribution in [-0.2, 0) is 38.6 Å². The Morgan fingerprint density at radius 3 is 2.45 bits per heavy atom. The van der Waals surface area contributed by atoms with Crippen LogP contribution in [0.4, 0.5) is 0 Å². The zero-order valence-corrected chi connectivity index (χ0v) is 21.2. The summed E-state index contributed by atoms with van der Waals surface area (Å²) in [6.45, 7) is 1.40. The van der Waals surface area contributed by atoms with E-state index < -0.39 is 18.1 Å². The van der Waals surface area contributed by atoms with Crippen LogP contribution in [0.2, 0.25) is 0 Å². The molecule has 1 fully saturated rings. The summed E-state index contributed by atoms with van der Waals surface area (Å²) in [5, 5.41) is 10.2. The third-order valence-electron chi connectivity index (χ3n) is 6.99. The normalized spacial score (nSPS) is 19.4. The van der Waals surface area contributed by atoms with Crippen LogP contribution in [0.25, 0.3) is 0 Å². The number of carboxylic acid groups (broad SMARTS) is 1. The highest BCUT2D eigenvalue weighted by Crippen LogP contribution is 2.40. The second-order valence-electron chi connectivity index (χ2n) is 9.45. The molecule has 2 aliphatic heterocycles. The van der Waals surface area contributed by atoms with Crippen molar-refractivity contribution in [3.05, 3.63) is 95.1 Å². The van der Waals surface area contributed by atoms with Crippen molar-refractivity contribution in [3.8, 4) is 11.5 Å². The van der Waals surface area contributed by atoms with E-state index in [0.29, 0.717) is 43.3 Å². The van der Waals surface area contributed by atoms with Crippen LogP contribution in [0.3, 0.4) is 0 Å². The van der Waals surface area contributed by atoms with Gasteiger partial charge in [0.15, 0.2) is 17.6 Å². The zero-order chi connectivity index (χ0) is 26.5. The van der Waals surface area contributed by atoms with E-state index in [1.807, 2.05) is 66.7 Å². The van der Waals surface area contributed by atoms with Crippen LogP contribution < -0.4 is 9.47 Å². The molecule has 1 amide bonds. The highest BCUT2D eigenvalue weighted by atomic mass is 16.6. The summed E-state index contributed by atoms with van der Waals surface area (Å²) in [6, 6.07) is 21.5. The molecule has 1 N–H and O–H groups in total. The van der Waals surface area contributed by atoms with E-state index in [4.69, 9.17) is 18.9 Å². The predicted octanol–water partition coefficient (Wildman–Crippen LogP) is 4.16. The first-order chi connectivity index (χ1) is 18.5. The van der Waals surface area contributed by atoms with Gasteiger partial charge in [-0.1, -0.05) is 66.7 Å². The molecule has 2 heterocycles. The van der Waals surface area contributed by atoms with Crippen molar-refractivity contribution in [3.63, 3.8) is 0 Å². The summed E-state index contributed by atoms with van der Waals surface area (Å²) in [5.74, 6) is -0.443. The lowest BCUT2D eigenvalue weighted by atomic mass is 9.91. The quantitative estimate of drug-likeness (QED) is 0.456. The lowest BCUT2D eigenvalue weighted by Crippen LogP contribution is -2.51. The lowest BCUT2D eigenvalue weighted by molar-refractivity contribution is -0.160. The number of fused-ring (bicyclic) bond motifs is 1. The average Bonchev–Trinajstić information content (AvgIpc) is 3.48. The van der Waals surface area contributed by atoms with Crippen molar-refractivity contribution >= 4 is 11.9 Å². The number of carboxylic acids is 1. The van der Waals surface area contributed by atoms with E-state index in [1.54, 1.807) is 13.2 Å². The van der Waals surface area contributed by atoms with Gasteiger partial charge in [0.2, 0.25) is 0 Å². The van der Waals surface area contributed by atoms with Gasteiger partial charge < -0.3 is 29.0 Å². The molecule has 0 radical (unpaired) electrons. The van der Waals surface area contributed by atoms with Crippen molar-refractivity contribution in [2.24, 2.45) is 0 Å². The maximum Gasteiger partial charge on any atom is 0.326 e. The molecule has 0 aromatic heterocycles. The number of amides is 1. The van der Waals surface area contributed by atoms with Gasteiger partial charge in [-0.2, -0.15) is 0 Å². The zero-order valence-electron chi connectivity index (χ0n) is 21.2. The van der Waals surface area contributed by atoms with Crippen LogP contribution in [0.1, 0.15) is 34.8 Å². The fourth-order valence-corrected chi connectivity index (χ4v) is 4.99. The van der Waals surface area contributed by atoms with Crippen LogP contribution in [0.5, 0.6) is 11.5 Å². The molecule has 38 heavy (non-hydrogen) atoms. The Morgan fingerprint density at radius 2 is 1.79 bits per heavy atom. The number of aliphatic carboxylic acids is 1. The molecule has 1 saturated heterocycles. The molecule has 198 valence electrons. The van der Waals surface area contributed by atoms with E-state index in [9.17, 15) is 14.7 Å². The smallest absolute Gasteiger partial charge is 0.326 e. The molecular weight excluding hydrogens is 486 g/mol. The first kappa shape index (κ1) is 25.8. The fraction of sp³-hybridized carbons (Fsp3) is 0.333. The van der Waals surface area contributed by atoms with Crippen molar-refractivity contribution < 1.29 is 33.6 Å². The molecule has 0 saturated carbocycles. The number of methoxy groups -OCH3 is 1. The maximum atomic E-state index is 14.0. The minimum Gasteiger partial charge on any atom is -0.493 e. The molecule has 5 rings (SSSR count). The summed E-state index contributed by atoms with van der Waals surface area (Å²) >= 11 is 0. The van der Waals surface area contributed by atoms with E-state index in [-0.39, 0.29) is 25.0 Å². The summed E-state index contributed by atoms with van der Waals surface area (Å²) in [7, 11) is 1.55. The van der Waals surface area contributed by atoms with Crippen molar-refractivity contribution in [1.29, 1.82) is 0 Å². The number of rotatable bonds is 9. The van der Waals surface area contributed by atoms with Gasteiger partial charge in [-0.05, 0) is 29.2 Å². The second kappa shape index (κ2) is 11.7. The molecule has 3 aromatic carbocycles. The summed E-state index contributed by atoms with van der Waals surface area (Å²) in [5.41, 5.74) is 3.21. The van der Waals surface area contributed by atoms with E-state index in [0.717, 1.165) is 16.7 Å². The van der Waals surface area contributed by atoms with E-state index >= 15 is 0 Å². The molecule has 0 bridgehead atoms. The third kappa shape index (κ3) is 5.51. The molecule has 0 spiro atoms. The lowest BCUT2D eigenvalue weighted by Gasteiger charge is -2.37. The van der Waals surface area contributed by atoms with Crippen molar-refractivity contribution in [1.82, 2.24) is 4.90 Å². The van der Waals surface area contributed by atoms with Crippen LogP contribution >= 0.6 is 0 Å². The molecule has 3 atom stereocenters. The Labute approximate surface area is 221 Å². The van der Waals surface area contributed by atoms with E-state index in [1.165, 1.54) is 4.90 Å². The number of benzene rings is 3. The molecule has 8 heteroatoms. The first-order valence-electron chi connectivity index (χ1n) is 12.7. The fourth-order valence-electron chi connectivity index (χ4n) is 4.99. The highest BCUT2D eigenvalue weighted by molar-refractivity contribution is 5.88. The number of carbonyl (C=O) groups is 2. The van der Waals surface area contributed by atoms with Gasteiger partial charge in [0.1, 0.15) is 12.6 Å². The predicted molar refractivity (Wildman–Crippen MR) is 139 cm³/mol. The summed E-state index contributed by atoms with van der Waals surface area (Å²) in [6.07, 6.45) is -0.389. The molecule has 2 aliphatic rings. The van der Waals surface area contributed by atoms with Gasteiger partial charge in [-0.15, -0.1) is 0 Å². The van der Waals surface area contributed by atoms with Gasteiger partial charge in [-0.25, -0.2) is 4.79 Å². The SMILES string of the molecule is COc1ccc2c(c1OCc1ccccc1)C[C@H](C(=O)O)N(C(=O)C(O[C@H]1CCOC1)c1ccccc1)C2. The third-order valence-corrected chi connectivity index (χ3v) is 6.99. The topological polar surface area (TPSA) is 94.5 Å². The van der Waals surface area contributed by atoms with Gasteiger partial charge >= 0.3 is 5.97 Å². The number of carbonyl (C=O) groups excluding carboxylic acids is 1. The second-order valence-corrected chi connectivity index (χ2v) is 9.45. The molecule has 1 unspecified atom stereocenters. The van der Waals surface area contributed by atoms with Crippen LogP contribution in [0, 0.1) is 0 Å². The Balaban J connectivity index is 1.46.